The molecule has 1 saturated carbocycles. The molecule has 2 fully saturated rings. The Bertz CT molecular complexity index is 215. The minimum atomic E-state index is -0.874. The summed E-state index contributed by atoms with van der Waals surface area (Å²) in [7, 11) is 0. The van der Waals surface area contributed by atoms with Crippen molar-refractivity contribution in [2.45, 2.75) is 37.8 Å². The van der Waals surface area contributed by atoms with Gasteiger partial charge in [-0.05, 0) is 32.2 Å². The van der Waals surface area contributed by atoms with Crippen molar-refractivity contribution in [2.75, 3.05) is 19.8 Å². The maximum absolute atomic E-state index is 10.3. The summed E-state index contributed by atoms with van der Waals surface area (Å²) in [4.78, 5) is 12.8. The quantitative estimate of drug-likeness (QED) is 0.708. The summed E-state index contributed by atoms with van der Waals surface area (Å²) in [5.41, 5.74) is 0. The lowest BCUT2D eigenvalue weighted by Gasteiger charge is -2.23. The molecule has 1 N–H and O–H groups in total. The Hall–Kier alpha value is -0.610. The Balaban J connectivity index is 1.70. The van der Waals surface area contributed by atoms with Crippen LogP contribution in [0.3, 0.4) is 0 Å². The average Bonchev–Trinajstić information content (AvgIpc) is 2.87. The van der Waals surface area contributed by atoms with Crippen LogP contribution in [0.1, 0.15) is 25.7 Å². The van der Waals surface area contributed by atoms with Crippen molar-refractivity contribution in [3.05, 3.63) is 0 Å². The molecule has 4 heteroatoms. The molecule has 1 unspecified atom stereocenters. The minimum Gasteiger partial charge on any atom is -0.480 e. The molecule has 1 aliphatic carbocycles. The van der Waals surface area contributed by atoms with E-state index >= 15 is 0 Å². The minimum absolute atomic E-state index is 0.158. The second-order valence-corrected chi connectivity index (χ2v) is 4.17. The normalized spacial score (nSPS) is 28.1. The van der Waals surface area contributed by atoms with E-state index in [1.165, 1.54) is 25.8 Å². The summed E-state index contributed by atoms with van der Waals surface area (Å²) in [5.74, 6) is -0.874. The predicted octanol–water partition coefficient (Wildman–Crippen LogP) is 0.714. The van der Waals surface area contributed by atoms with E-state index in [0.717, 1.165) is 12.5 Å². The topological polar surface area (TPSA) is 49.8 Å². The lowest BCUT2D eigenvalue weighted by atomic mass is 10.2. The number of carbonyl (C=O) groups is 1. The summed E-state index contributed by atoms with van der Waals surface area (Å²) < 4.78 is 5.15. The molecule has 80 valence electrons. The number of hydrogen-bond donors (Lipinski definition) is 1. The number of hydrogen-bond acceptors (Lipinski definition) is 3. The Morgan fingerprint density at radius 1 is 1.43 bits per heavy atom. The van der Waals surface area contributed by atoms with Gasteiger partial charge in [-0.25, -0.2) is 4.79 Å². The van der Waals surface area contributed by atoms with Gasteiger partial charge < -0.3 is 9.84 Å². The lowest BCUT2D eigenvalue weighted by molar-refractivity contribution is -0.142. The third-order valence-electron chi connectivity index (χ3n) is 2.97. The van der Waals surface area contributed by atoms with E-state index in [1.54, 1.807) is 0 Å². The number of ether oxygens (including phenoxy) is 1. The highest BCUT2D eigenvalue weighted by atomic mass is 16.5. The number of carboxylic acids is 1. The zero-order valence-corrected chi connectivity index (χ0v) is 8.32. The first kappa shape index (κ1) is 9.93. The molecule has 0 radical (unpaired) electrons. The van der Waals surface area contributed by atoms with E-state index in [0.29, 0.717) is 12.6 Å². The summed E-state index contributed by atoms with van der Waals surface area (Å²) >= 11 is 0. The van der Waals surface area contributed by atoms with Gasteiger partial charge in [0.2, 0.25) is 0 Å². The number of rotatable bonds is 5. The average molecular weight is 199 g/mol. The third kappa shape index (κ3) is 2.45. The maximum atomic E-state index is 10.3. The fourth-order valence-electron chi connectivity index (χ4n) is 2.21. The smallest absolute Gasteiger partial charge is 0.329 e. The zero-order chi connectivity index (χ0) is 9.97. The molecule has 1 saturated heterocycles. The fourth-order valence-corrected chi connectivity index (χ4v) is 2.21. The van der Waals surface area contributed by atoms with Crippen molar-refractivity contribution in [1.82, 2.24) is 4.90 Å². The molecular weight excluding hydrogens is 182 g/mol. The molecule has 0 aromatic rings. The molecule has 2 aliphatic rings. The van der Waals surface area contributed by atoms with Gasteiger partial charge in [0.25, 0.3) is 0 Å². The number of likely N-dealkylation sites (tertiary alicyclic amines) is 1. The molecule has 1 heterocycles. The lowest BCUT2D eigenvalue weighted by Crippen LogP contribution is -2.35. The molecule has 0 spiro atoms. The number of aliphatic carboxylic acids is 1. The fraction of sp³-hybridized carbons (Fsp3) is 0.900. The molecule has 0 bridgehead atoms. The van der Waals surface area contributed by atoms with Gasteiger partial charge in [-0.2, -0.15) is 0 Å². The standard InChI is InChI=1S/C10H17NO3/c12-10(13)7-14-6-9-2-1-5-11(9)8-3-4-8/h8-9H,1-7H2,(H,12,13). The monoisotopic (exact) mass is 199 g/mol. The van der Waals surface area contributed by atoms with Gasteiger partial charge in [0, 0.05) is 12.1 Å². The molecular formula is C10H17NO3. The van der Waals surface area contributed by atoms with Crippen LogP contribution in [0.4, 0.5) is 0 Å². The first-order valence-electron chi connectivity index (χ1n) is 5.32. The van der Waals surface area contributed by atoms with Crippen molar-refractivity contribution in [1.29, 1.82) is 0 Å². The van der Waals surface area contributed by atoms with E-state index in [-0.39, 0.29) is 6.61 Å². The maximum Gasteiger partial charge on any atom is 0.329 e. The van der Waals surface area contributed by atoms with Gasteiger partial charge in [0.05, 0.1) is 6.61 Å². The van der Waals surface area contributed by atoms with Crippen molar-refractivity contribution >= 4 is 5.97 Å². The molecule has 0 aromatic carbocycles. The van der Waals surface area contributed by atoms with Crippen molar-refractivity contribution in [3.8, 4) is 0 Å². The summed E-state index contributed by atoms with van der Waals surface area (Å²) in [5, 5.41) is 8.44. The van der Waals surface area contributed by atoms with Crippen LogP contribution in [0.25, 0.3) is 0 Å². The van der Waals surface area contributed by atoms with Gasteiger partial charge in [0.1, 0.15) is 6.61 Å². The molecule has 1 aliphatic heterocycles. The molecule has 0 aromatic heterocycles. The highest BCUT2D eigenvalue weighted by Gasteiger charge is 2.36. The second kappa shape index (κ2) is 4.28. The molecule has 14 heavy (non-hydrogen) atoms. The van der Waals surface area contributed by atoms with E-state index in [2.05, 4.69) is 4.90 Å². The highest BCUT2D eigenvalue weighted by Crippen LogP contribution is 2.33. The number of carboxylic acid groups (broad SMARTS) is 1. The molecule has 1 atom stereocenters. The van der Waals surface area contributed by atoms with Crippen LogP contribution in [-0.2, 0) is 9.53 Å². The Labute approximate surface area is 83.8 Å². The highest BCUT2D eigenvalue weighted by molar-refractivity contribution is 5.67. The molecule has 4 nitrogen and oxygen atoms in total. The summed E-state index contributed by atoms with van der Waals surface area (Å²) in [6.45, 7) is 1.60. The van der Waals surface area contributed by atoms with Gasteiger partial charge in [0.15, 0.2) is 0 Å². The molecule has 2 rings (SSSR count). The van der Waals surface area contributed by atoms with E-state index in [4.69, 9.17) is 9.84 Å². The van der Waals surface area contributed by atoms with E-state index < -0.39 is 5.97 Å². The van der Waals surface area contributed by atoms with Gasteiger partial charge in [-0.15, -0.1) is 0 Å². The molecule has 0 amide bonds. The van der Waals surface area contributed by atoms with Crippen LogP contribution in [0.5, 0.6) is 0 Å². The van der Waals surface area contributed by atoms with Crippen molar-refractivity contribution in [2.24, 2.45) is 0 Å². The van der Waals surface area contributed by atoms with Crippen molar-refractivity contribution < 1.29 is 14.6 Å². The Morgan fingerprint density at radius 3 is 2.86 bits per heavy atom. The van der Waals surface area contributed by atoms with Crippen LogP contribution >= 0.6 is 0 Å². The first-order valence-corrected chi connectivity index (χ1v) is 5.32. The van der Waals surface area contributed by atoms with Gasteiger partial charge in [-0.1, -0.05) is 0 Å². The van der Waals surface area contributed by atoms with Crippen molar-refractivity contribution in [3.63, 3.8) is 0 Å². The van der Waals surface area contributed by atoms with Crippen LogP contribution in [0.2, 0.25) is 0 Å². The summed E-state index contributed by atoms with van der Waals surface area (Å²) in [6.07, 6.45) is 5.03. The van der Waals surface area contributed by atoms with Crippen LogP contribution in [0.15, 0.2) is 0 Å². The first-order chi connectivity index (χ1) is 6.77. The Morgan fingerprint density at radius 2 is 2.21 bits per heavy atom. The Kier molecular flexibility index (Phi) is 3.03. The second-order valence-electron chi connectivity index (χ2n) is 4.17. The SMILES string of the molecule is O=C(O)COCC1CCCN1C1CC1. The van der Waals surface area contributed by atoms with Gasteiger partial charge in [-0.3, -0.25) is 4.90 Å². The predicted molar refractivity (Wildman–Crippen MR) is 51.2 cm³/mol. The van der Waals surface area contributed by atoms with E-state index in [1.807, 2.05) is 0 Å². The van der Waals surface area contributed by atoms with E-state index in [9.17, 15) is 4.79 Å². The summed E-state index contributed by atoms with van der Waals surface area (Å²) in [6, 6.07) is 1.25. The van der Waals surface area contributed by atoms with Gasteiger partial charge >= 0.3 is 5.97 Å². The number of nitrogens with zero attached hydrogens (tertiary/aromatic N) is 1. The largest absolute Gasteiger partial charge is 0.480 e. The zero-order valence-electron chi connectivity index (χ0n) is 8.32. The third-order valence-corrected chi connectivity index (χ3v) is 2.97. The van der Waals surface area contributed by atoms with Crippen LogP contribution in [0, 0.1) is 0 Å². The van der Waals surface area contributed by atoms with Crippen LogP contribution < -0.4 is 0 Å². The van der Waals surface area contributed by atoms with Crippen LogP contribution in [-0.4, -0.2) is 47.8 Å².